The van der Waals surface area contributed by atoms with Crippen LogP contribution < -0.4 is 11.1 Å². The van der Waals surface area contributed by atoms with E-state index in [9.17, 15) is 9.59 Å². The van der Waals surface area contributed by atoms with Gasteiger partial charge in [-0.2, -0.15) is 0 Å². The molecular formula is C24H32N2O2S. The van der Waals surface area contributed by atoms with Crippen molar-refractivity contribution in [3.63, 3.8) is 0 Å². The van der Waals surface area contributed by atoms with Gasteiger partial charge >= 0.3 is 0 Å². The minimum atomic E-state index is -0.602. The van der Waals surface area contributed by atoms with Gasteiger partial charge in [0.15, 0.2) is 0 Å². The molecule has 156 valence electrons. The van der Waals surface area contributed by atoms with Crippen molar-refractivity contribution >= 4 is 28.2 Å². The molecule has 3 rings (SSSR count). The van der Waals surface area contributed by atoms with Gasteiger partial charge in [-0.05, 0) is 48.1 Å². The van der Waals surface area contributed by atoms with Gasteiger partial charge in [-0.25, -0.2) is 0 Å². The van der Waals surface area contributed by atoms with E-state index < -0.39 is 11.3 Å². The predicted octanol–water partition coefficient (Wildman–Crippen LogP) is 5.21. The number of carbonyl (C=O) groups is 2. The highest BCUT2D eigenvalue weighted by Crippen LogP contribution is 2.44. The molecular weight excluding hydrogens is 380 g/mol. The molecule has 0 aliphatic heterocycles. The molecule has 0 radical (unpaired) electrons. The monoisotopic (exact) mass is 412 g/mol. The Hall–Kier alpha value is -2.14. The Morgan fingerprint density at radius 1 is 1.14 bits per heavy atom. The van der Waals surface area contributed by atoms with Crippen LogP contribution in [-0.2, 0) is 24.1 Å². The Balaban J connectivity index is 1.84. The van der Waals surface area contributed by atoms with E-state index in [4.69, 9.17) is 5.73 Å². The van der Waals surface area contributed by atoms with Crippen molar-refractivity contribution in [3.8, 4) is 0 Å². The first-order valence-corrected chi connectivity index (χ1v) is 11.1. The number of carbonyl (C=O) groups excluding carboxylic acids is 2. The van der Waals surface area contributed by atoms with Gasteiger partial charge in [0.05, 0.1) is 5.56 Å². The summed E-state index contributed by atoms with van der Waals surface area (Å²) in [5.74, 6) is 0.0233. The molecule has 1 aromatic heterocycles. The zero-order valence-electron chi connectivity index (χ0n) is 18.1. The molecule has 1 atom stereocenters. The number of primary amides is 1. The Morgan fingerprint density at radius 3 is 2.38 bits per heavy atom. The molecule has 5 heteroatoms. The number of hydrogen-bond acceptors (Lipinski definition) is 3. The number of hydrogen-bond donors (Lipinski definition) is 2. The smallest absolute Gasteiger partial charge is 0.251 e. The first-order chi connectivity index (χ1) is 13.5. The van der Waals surface area contributed by atoms with Crippen LogP contribution in [0.15, 0.2) is 30.3 Å². The van der Waals surface area contributed by atoms with E-state index >= 15 is 0 Å². The lowest BCUT2D eigenvalue weighted by atomic mass is 9.72. The molecule has 1 heterocycles. The van der Waals surface area contributed by atoms with Gasteiger partial charge in [-0.3, -0.25) is 9.59 Å². The molecule has 0 fully saturated rings. The van der Waals surface area contributed by atoms with Crippen molar-refractivity contribution in [1.82, 2.24) is 0 Å². The van der Waals surface area contributed by atoms with Crippen molar-refractivity contribution in [1.29, 1.82) is 0 Å². The summed E-state index contributed by atoms with van der Waals surface area (Å²) < 4.78 is 0. The molecule has 1 aromatic carbocycles. The standard InChI is InChI=1S/C24H32N2O2S/c1-23(2,3)16-11-12-17-18(13-16)29-21(19(17)20(25)27)26-22(28)24(4,5)14-15-9-7-6-8-10-15/h6-10,16H,11-14H2,1-5H3,(H2,25,27)(H,26,28). The third-order valence-corrected chi connectivity index (χ3v) is 7.24. The normalized spacial score (nSPS) is 16.9. The summed E-state index contributed by atoms with van der Waals surface area (Å²) in [5, 5.41) is 3.66. The van der Waals surface area contributed by atoms with Gasteiger partial charge in [-0.15, -0.1) is 11.3 Å². The third-order valence-electron chi connectivity index (χ3n) is 6.07. The van der Waals surface area contributed by atoms with Crippen LogP contribution in [0.2, 0.25) is 0 Å². The van der Waals surface area contributed by atoms with Gasteiger partial charge in [0.1, 0.15) is 5.00 Å². The Labute approximate surface area is 177 Å². The highest BCUT2D eigenvalue weighted by atomic mass is 32.1. The van der Waals surface area contributed by atoms with E-state index in [1.165, 1.54) is 16.2 Å². The van der Waals surface area contributed by atoms with Crippen LogP contribution in [0, 0.1) is 16.7 Å². The second-order valence-corrected chi connectivity index (χ2v) is 11.0. The molecule has 1 aliphatic rings. The SMILES string of the molecule is CC(C)(Cc1ccccc1)C(=O)Nc1sc2c(c1C(N)=O)CCC(C(C)(C)C)C2. The zero-order valence-corrected chi connectivity index (χ0v) is 18.9. The average Bonchev–Trinajstić information content (AvgIpc) is 2.98. The number of thiophene rings is 1. The second kappa shape index (κ2) is 7.94. The maximum Gasteiger partial charge on any atom is 0.251 e. The minimum Gasteiger partial charge on any atom is -0.365 e. The molecule has 1 aliphatic carbocycles. The first-order valence-electron chi connectivity index (χ1n) is 10.3. The second-order valence-electron chi connectivity index (χ2n) is 9.88. The molecule has 29 heavy (non-hydrogen) atoms. The Morgan fingerprint density at radius 2 is 1.79 bits per heavy atom. The van der Waals surface area contributed by atoms with E-state index in [1.807, 2.05) is 44.2 Å². The average molecular weight is 413 g/mol. The van der Waals surface area contributed by atoms with Crippen molar-refractivity contribution < 1.29 is 9.59 Å². The molecule has 0 spiro atoms. The number of benzene rings is 1. The third kappa shape index (κ3) is 4.72. The van der Waals surface area contributed by atoms with E-state index in [0.717, 1.165) is 30.4 Å². The molecule has 2 aromatic rings. The predicted molar refractivity (Wildman–Crippen MR) is 120 cm³/mol. The number of nitrogens with one attached hydrogen (secondary N) is 1. The summed E-state index contributed by atoms with van der Waals surface area (Å²) in [6.45, 7) is 10.7. The lowest BCUT2D eigenvalue weighted by Crippen LogP contribution is -2.33. The summed E-state index contributed by atoms with van der Waals surface area (Å²) in [5.41, 5.74) is 8.01. The van der Waals surface area contributed by atoms with Crippen molar-refractivity contribution in [2.45, 2.75) is 60.3 Å². The number of rotatable bonds is 5. The number of fused-ring (bicyclic) bond motifs is 1. The quantitative estimate of drug-likeness (QED) is 0.708. The molecule has 1 unspecified atom stereocenters. The fraction of sp³-hybridized carbons (Fsp3) is 0.500. The highest BCUT2D eigenvalue weighted by molar-refractivity contribution is 7.17. The van der Waals surface area contributed by atoms with Crippen molar-refractivity contribution in [3.05, 3.63) is 51.9 Å². The fourth-order valence-corrected chi connectivity index (χ4v) is 5.46. The lowest BCUT2D eigenvalue weighted by Gasteiger charge is -2.33. The minimum absolute atomic E-state index is 0.0881. The summed E-state index contributed by atoms with van der Waals surface area (Å²) >= 11 is 1.53. The van der Waals surface area contributed by atoms with Crippen LogP contribution in [-0.4, -0.2) is 11.8 Å². The first kappa shape index (κ1) is 21.6. The van der Waals surface area contributed by atoms with Crippen LogP contribution in [0.5, 0.6) is 0 Å². The molecule has 2 amide bonds. The summed E-state index contributed by atoms with van der Waals surface area (Å²) in [6, 6.07) is 9.98. The highest BCUT2D eigenvalue weighted by Gasteiger charge is 2.35. The van der Waals surface area contributed by atoms with Gasteiger partial charge in [0.2, 0.25) is 5.91 Å². The van der Waals surface area contributed by atoms with Crippen molar-refractivity contribution in [2.24, 2.45) is 22.5 Å². The van der Waals surface area contributed by atoms with E-state index in [2.05, 4.69) is 26.1 Å². The molecule has 0 bridgehead atoms. The molecule has 3 N–H and O–H groups in total. The molecule has 4 nitrogen and oxygen atoms in total. The van der Waals surface area contributed by atoms with Crippen LogP contribution in [0.1, 0.15) is 67.4 Å². The van der Waals surface area contributed by atoms with E-state index in [-0.39, 0.29) is 11.3 Å². The van der Waals surface area contributed by atoms with Gasteiger partial charge < -0.3 is 11.1 Å². The van der Waals surface area contributed by atoms with E-state index in [1.54, 1.807) is 0 Å². The summed E-state index contributed by atoms with van der Waals surface area (Å²) in [4.78, 5) is 26.5. The van der Waals surface area contributed by atoms with Gasteiger partial charge in [0, 0.05) is 10.3 Å². The number of amides is 2. The molecule has 0 saturated heterocycles. The Bertz CT molecular complexity index is 907. The summed E-state index contributed by atoms with van der Waals surface area (Å²) in [6.07, 6.45) is 3.45. The number of nitrogens with two attached hydrogens (primary N) is 1. The van der Waals surface area contributed by atoms with Crippen molar-refractivity contribution in [2.75, 3.05) is 5.32 Å². The zero-order chi connectivity index (χ0) is 21.4. The van der Waals surface area contributed by atoms with Crippen LogP contribution in [0.3, 0.4) is 0 Å². The van der Waals surface area contributed by atoms with Gasteiger partial charge in [0.25, 0.3) is 5.91 Å². The Kier molecular flexibility index (Phi) is 5.91. The van der Waals surface area contributed by atoms with Crippen LogP contribution in [0.25, 0.3) is 0 Å². The van der Waals surface area contributed by atoms with Crippen LogP contribution in [0.4, 0.5) is 5.00 Å². The fourth-order valence-electron chi connectivity index (χ4n) is 4.13. The summed E-state index contributed by atoms with van der Waals surface area (Å²) in [7, 11) is 0. The van der Waals surface area contributed by atoms with Gasteiger partial charge in [-0.1, -0.05) is 65.0 Å². The van der Waals surface area contributed by atoms with E-state index in [0.29, 0.717) is 22.9 Å². The maximum atomic E-state index is 13.1. The van der Waals surface area contributed by atoms with Crippen LogP contribution >= 0.6 is 11.3 Å². The number of anilines is 1. The largest absolute Gasteiger partial charge is 0.365 e. The topological polar surface area (TPSA) is 72.2 Å². The maximum absolute atomic E-state index is 13.1. The lowest BCUT2D eigenvalue weighted by molar-refractivity contribution is -0.123. The molecule has 0 saturated carbocycles.